The number of rotatable bonds is 4. The van der Waals surface area contributed by atoms with E-state index in [1.807, 2.05) is 0 Å². The van der Waals surface area contributed by atoms with Gasteiger partial charge in [0.2, 0.25) is 0 Å². The predicted octanol–water partition coefficient (Wildman–Crippen LogP) is -0.268. The zero-order valence-electron chi connectivity index (χ0n) is 8.87. The van der Waals surface area contributed by atoms with E-state index < -0.39 is 38.0 Å². The van der Waals surface area contributed by atoms with Crippen LogP contribution in [0.25, 0.3) is 0 Å². The van der Waals surface area contributed by atoms with E-state index in [0.29, 0.717) is 0 Å². The highest BCUT2D eigenvalue weighted by molar-refractivity contribution is 7.52. The maximum absolute atomic E-state index is 13.6. The molecule has 1 aliphatic heterocycles. The SMILES string of the molecule is [B]C1OC(OCP(=O)(O)OC)C(O)C1(C)F. The molecule has 0 aromatic heterocycles. The van der Waals surface area contributed by atoms with Gasteiger partial charge in [0.05, 0.1) is 6.00 Å². The van der Waals surface area contributed by atoms with Crippen LogP contribution in [0, 0.1) is 0 Å². The quantitative estimate of drug-likeness (QED) is 0.530. The standard InChI is InChI=1S/C7H13BFO6P/c1-7(9)4(10)5(15-6(7)8)14-3-16(11,12)13-2/h4-6,10H,3H2,1-2H3,(H,11,12). The van der Waals surface area contributed by atoms with E-state index in [0.717, 1.165) is 14.0 Å². The second-order valence-electron chi connectivity index (χ2n) is 3.64. The Kier molecular flexibility index (Phi) is 4.16. The molecule has 0 bridgehead atoms. The topological polar surface area (TPSA) is 85.2 Å². The lowest BCUT2D eigenvalue weighted by Gasteiger charge is -2.21. The molecule has 1 aliphatic rings. The van der Waals surface area contributed by atoms with Crippen LogP contribution < -0.4 is 0 Å². The summed E-state index contributed by atoms with van der Waals surface area (Å²) in [5.41, 5.74) is -2.17. The monoisotopic (exact) mass is 254 g/mol. The van der Waals surface area contributed by atoms with Crippen molar-refractivity contribution in [2.24, 2.45) is 0 Å². The molecule has 1 rings (SSSR count). The predicted molar refractivity (Wildman–Crippen MR) is 52.7 cm³/mol. The van der Waals surface area contributed by atoms with Gasteiger partial charge in [0, 0.05) is 7.11 Å². The second kappa shape index (κ2) is 4.72. The second-order valence-corrected chi connectivity index (χ2v) is 5.54. The van der Waals surface area contributed by atoms with E-state index in [4.69, 9.17) is 22.2 Å². The van der Waals surface area contributed by atoms with Gasteiger partial charge in [-0.2, -0.15) is 0 Å². The third kappa shape index (κ3) is 2.82. The molecule has 0 amide bonds. The highest BCUT2D eigenvalue weighted by Gasteiger charge is 2.52. The summed E-state index contributed by atoms with van der Waals surface area (Å²) in [6.45, 7) is 1.06. The van der Waals surface area contributed by atoms with Crippen LogP contribution in [0.15, 0.2) is 0 Å². The summed E-state index contributed by atoms with van der Waals surface area (Å²) in [6.07, 6.45) is -3.73. The Labute approximate surface area is 93.6 Å². The number of hydrogen-bond acceptors (Lipinski definition) is 5. The van der Waals surface area contributed by atoms with Crippen molar-refractivity contribution < 1.29 is 33.0 Å². The van der Waals surface area contributed by atoms with Gasteiger partial charge < -0.3 is 24.0 Å². The first-order valence-electron chi connectivity index (χ1n) is 4.48. The highest BCUT2D eigenvalue weighted by atomic mass is 31.2. The number of aliphatic hydroxyl groups excluding tert-OH is 1. The van der Waals surface area contributed by atoms with Gasteiger partial charge in [0.1, 0.15) is 14.0 Å². The smallest absolute Gasteiger partial charge is 0.353 e. The first-order valence-corrected chi connectivity index (χ1v) is 6.24. The van der Waals surface area contributed by atoms with E-state index >= 15 is 0 Å². The summed E-state index contributed by atoms with van der Waals surface area (Å²) >= 11 is 0. The minimum Gasteiger partial charge on any atom is -0.384 e. The summed E-state index contributed by atoms with van der Waals surface area (Å²) in [7, 11) is 2.40. The first-order chi connectivity index (χ1) is 7.20. The van der Waals surface area contributed by atoms with Gasteiger partial charge >= 0.3 is 7.60 Å². The molecular formula is C7H13BFO6P. The summed E-state index contributed by atoms with van der Waals surface area (Å²) in [5, 5.41) is 9.44. The van der Waals surface area contributed by atoms with Crippen molar-refractivity contribution in [3.8, 4) is 0 Å². The van der Waals surface area contributed by atoms with Crippen molar-refractivity contribution in [3.63, 3.8) is 0 Å². The summed E-state index contributed by atoms with van der Waals surface area (Å²) in [4.78, 5) is 9.01. The maximum atomic E-state index is 13.6. The Hall–Kier alpha value is 0.0249. The molecule has 0 aliphatic carbocycles. The number of halogens is 1. The van der Waals surface area contributed by atoms with Crippen LogP contribution in [0.3, 0.4) is 0 Å². The van der Waals surface area contributed by atoms with Crippen LogP contribution in [0.4, 0.5) is 4.39 Å². The average molecular weight is 254 g/mol. The summed E-state index contributed by atoms with van der Waals surface area (Å²) in [5.74, 6) is 0. The fourth-order valence-corrected chi connectivity index (χ4v) is 1.58. The molecule has 16 heavy (non-hydrogen) atoms. The van der Waals surface area contributed by atoms with Crippen LogP contribution >= 0.6 is 7.60 Å². The lowest BCUT2D eigenvalue weighted by Crippen LogP contribution is -2.41. The van der Waals surface area contributed by atoms with Gasteiger partial charge in [-0.25, -0.2) is 4.39 Å². The third-order valence-corrected chi connectivity index (χ3v) is 3.41. The van der Waals surface area contributed by atoms with E-state index in [-0.39, 0.29) is 0 Å². The normalized spacial score (nSPS) is 43.2. The van der Waals surface area contributed by atoms with Crippen molar-refractivity contribution in [2.75, 3.05) is 13.5 Å². The lowest BCUT2D eigenvalue weighted by molar-refractivity contribution is -0.148. The van der Waals surface area contributed by atoms with Crippen molar-refractivity contribution in [1.29, 1.82) is 0 Å². The number of alkyl halides is 1. The van der Waals surface area contributed by atoms with Crippen molar-refractivity contribution in [3.05, 3.63) is 0 Å². The van der Waals surface area contributed by atoms with Gasteiger partial charge in [-0.15, -0.1) is 0 Å². The van der Waals surface area contributed by atoms with Crippen LogP contribution in [0.2, 0.25) is 0 Å². The minimum absolute atomic E-state index is 0.714. The Morgan fingerprint density at radius 1 is 1.69 bits per heavy atom. The molecule has 92 valence electrons. The fourth-order valence-electron chi connectivity index (χ4n) is 1.14. The van der Waals surface area contributed by atoms with E-state index in [1.54, 1.807) is 0 Å². The average Bonchev–Trinajstić information content (AvgIpc) is 2.40. The summed E-state index contributed by atoms with van der Waals surface area (Å²) < 4.78 is 38.4. The molecule has 2 N–H and O–H groups in total. The molecule has 1 saturated heterocycles. The van der Waals surface area contributed by atoms with Crippen LogP contribution in [0.5, 0.6) is 0 Å². The number of hydrogen-bond donors (Lipinski definition) is 2. The van der Waals surface area contributed by atoms with Crippen molar-refractivity contribution in [2.45, 2.75) is 31.0 Å². The Morgan fingerprint density at radius 3 is 2.62 bits per heavy atom. The molecular weight excluding hydrogens is 241 g/mol. The zero-order valence-corrected chi connectivity index (χ0v) is 9.76. The highest BCUT2D eigenvalue weighted by Crippen LogP contribution is 2.42. The van der Waals surface area contributed by atoms with Gasteiger partial charge in [-0.05, 0) is 6.92 Å². The maximum Gasteiger partial charge on any atom is 0.353 e. The molecule has 1 heterocycles. The van der Waals surface area contributed by atoms with E-state index in [2.05, 4.69) is 4.52 Å². The Bertz CT molecular complexity index is 301. The van der Waals surface area contributed by atoms with Crippen LogP contribution in [-0.4, -0.2) is 55.4 Å². The van der Waals surface area contributed by atoms with E-state index in [1.165, 1.54) is 0 Å². The lowest BCUT2D eigenvalue weighted by atomic mass is 9.84. The van der Waals surface area contributed by atoms with Gasteiger partial charge in [-0.1, -0.05) is 0 Å². The molecule has 0 saturated carbocycles. The molecule has 2 radical (unpaired) electrons. The molecule has 9 heteroatoms. The molecule has 0 spiro atoms. The molecule has 5 unspecified atom stereocenters. The van der Waals surface area contributed by atoms with Crippen LogP contribution in [0.1, 0.15) is 6.92 Å². The third-order valence-electron chi connectivity index (χ3n) is 2.36. The molecule has 6 nitrogen and oxygen atoms in total. The molecule has 5 atom stereocenters. The van der Waals surface area contributed by atoms with Gasteiger partial charge in [0.25, 0.3) is 0 Å². The minimum atomic E-state index is -3.89. The Balaban J connectivity index is 2.56. The summed E-state index contributed by atoms with van der Waals surface area (Å²) in [6, 6.07) is -1.35. The zero-order chi connectivity index (χ0) is 12.6. The number of ether oxygens (including phenoxy) is 2. The van der Waals surface area contributed by atoms with Gasteiger partial charge in [0.15, 0.2) is 18.3 Å². The number of aliphatic hydroxyl groups is 1. The fraction of sp³-hybridized carbons (Fsp3) is 1.00. The van der Waals surface area contributed by atoms with Gasteiger partial charge in [-0.3, -0.25) is 4.57 Å². The van der Waals surface area contributed by atoms with Crippen LogP contribution in [-0.2, 0) is 18.6 Å². The molecule has 1 fully saturated rings. The van der Waals surface area contributed by atoms with Crippen molar-refractivity contribution >= 4 is 15.4 Å². The molecule has 0 aromatic rings. The first kappa shape index (κ1) is 14.1. The van der Waals surface area contributed by atoms with E-state index in [9.17, 15) is 14.1 Å². The Morgan fingerprint density at radius 2 is 2.25 bits per heavy atom. The van der Waals surface area contributed by atoms with Crippen molar-refractivity contribution in [1.82, 2.24) is 0 Å². The molecule has 0 aromatic carbocycles. The largest absolute Gasteiger partial charge is 0.384 e.